The first-order chi connectivity index (χ1) is 5.27. The second kappa shape index (κ2) is 3.85. The van der Waals surface area contributed by atoms with Crippen molar-refractivity contribution in [3.05, 3.63) is 18.2 Å². The molecule has 58 valence electrons. The Balaban J connectivity index is 3.02. The second-order valence-electron chi connectivity index (χ2n) is 2.11. The summed E-state index contributed by atoms with van der Waals surface area (Å²) in [6, 6.07) is 5.88. The molecule has 2 nitrogen and oxygen atoms in total. The second-order valence-corrected chi connectivity index (χ2v) is 3.88. The minimum atomic E-state index is 0.847. The molecule has 1 rings (SSSR count). The molecule has 0 fully saturated rings. The van der Waals surface area contributed by atoms with E-state index in [1.807, 2.05) is 18.2 Å². The van der Waals surface area contributed by atoms with Gasteiger partial charge in [0.1, 0.15) is 0 Å². The van der Waals surface area contributed by atoms with Gasteiger partial charge in [-0.2, -0.15) is 0 Å². The van der Waals surface area contributed by atoms with Crippen molar-refractivity contribution in [3.63, 3.8) is 0 Å². The molecule has 0 saturated heterocycles. The molecular formula is C8H10O2Sn. The number of hydrogen-bond donors (Lipinski definition) is 0. The third kappa shape index (κ3) is 2.02. The van der Waals surface area contributed by atoms with E-state index in [1.54, 1.807) is 14.2 Å². The van der Waals surface area contributed by atoms with E-state index in [4.69, 9.17) is 9.47 Å². The molecule has 3 heteroatoms. The summed E-state index contributed by atoms with van der Waals surface area (Å²) in [5, 5.41) is 0. The molecule has 0 spiro atoms. The van der Waals surface area contributed by atoms with Crippen LogP contribution in [0.4, 0.5) is 0 Å². The molecule has 0 bridgehead atoms. The molecule has 2 radical (unpaired) electrons. The average molecular weight is 257 g/mol. The normalized spacial score (nSPS) is 9.36. The first kappa shape index (κ1) is 8.71. The van der Waals surface area contributed by atoms with E-state index in [0.717, 1.165) is 34.0 Å². The van der Waals surface area contributed by atoms with E-state index >= 15 is 0 Å². The third-order valence-electron chi connectivity index (χ3n) is 1.44. The Hall–Kier alpha value is -0.381. The van der Waals surface area contributed by atoms with Crippen LogP contribution in [0, 0.1) is 0 Å². The van der Waals surface area contributed by atoms with Gasteiger partial charge in [0.25, 0.3) is 0 Å². The quantitative estimate of drug-likeness (QED) is 0.706. The van der Waals surface area contributed by atoms with Crippen molar-refractivity contribution in [1.82, 2.24) is 0 Å². The zero-order valence-electron chi connectivity index (χ0n) is 6.63. The molecule has 1 aromatic rings. The van der Waals surface area contributed by atoms with Crippen LogP contribution in [-0.4, -0.2) is 36.7 Å². The van der Waals surface area contributed by atoms with E-state index < -0.39 is 0 Å². The van der Waals surface area contributed by atoms with Gasteiger partial charge >= 0.3 is 79.5 Å². The Morgan fingerprint density at radius 3 is 2.45 bits per heavy atom. The van der Waals surface area contributed by atoms with Gasteiger partial charge in [-0.15, -0.1) is 0 Å². The van der Waals surface area contributed by atoms with Gasteiger partial charge in [-0.1, -0.05) is 0 Å². The Morgan fingerprint density at radius 1 is 1.18 bits per heavy atom. The van der Waals surface area contributed by atoms with Crippen LogP contribution in [-0.2, 0) is 0 Å². The van der Waals surface area contributed by atoms with E-state index in [2.05, 4.69) is 0 Å². The molecule has 0 aliphatic carbocycles. The van der Waals surface area contributed by atoms with Crippen molar-refractivity contribution >= 4 is 26.1 Å². The molecule has 0 aromatic heterocycles. The summed E-state index contributed by atoms with van der Waals surface area (Å²) in [6.07, 6.45) is 0. The summed E-state index contributed by atoms with van der Waals surface area (Å²) >= 11 is 1.07. The monoisotopic (exact) mass is 258 g/mol. The van der Waals surface area contributed by atoms with Crippen LogP contribution >= 0.6 is 0 Å². The van der Waals surface area contributed by atoms with Crippen molar-refractivity contribution in [2.24, 2.45) is 0 Å². The van der Waals surface area contributed by atoms with Crippen molar-refractivity contribution in [3.8, 4) is 11.5 Å². The Bertz CT molecular complexity index is 248. The molecule has 0 aliphatic rings. The van der Waals surface area contributed by atoms with Crippen LogP contribution in [0.25, 0.3) is 0 Å². The fourth-order valence-electron chi connectivity index (χ4n) is 0.818. The Kier molecular flexibility index (Phi) is 3.05. The zero-order chi connectivity index (χ0) is 8.27. The number of ether oxygens (including phenoxy) is 2. The number of methoxy groups -OCH3 is 2. The van der Waals surface area contributed by atoms with Gasteiger partial charge < -0.3 is 0 Å². The summed E-state index contributed by atoms with van der Waals surface area (Å²) < 4.78 is 11.4. The van der Waals surface area contributed by atoms with Gasteiger partial charge in [0, 0.05) is 0 Å². The van der Waals surface area contributed by atoms with Crippen LogP contribution in [0.2, 0.25) is 0 Å². The number of benzene rings is 1. The van der Waals surface area contributed by atoms with Crippen molar-refractivity contribution in [2.75, 3.05) is 14.2 Å². The van der Waals surface area contributed by atoms with Crippen LogP contribution < -0.4 is 13.1 Å². The first-order valence-electron chi connectivity index (χ1n) is 3.25. The van der Waals surface area contributed by atoms with E-state index in [9.17, 15) is 0 Å². The van der Waals surface area contributed by atoms with Gasteiger partial charge in [-0.3, -0.25) is 0 Å². The predicted molar refractivity (Wildman–Crippen MR) is 46.3 cm³/mol. The molecule has 11 heavy (non-hydrogen) atoms. The fourth-order valence-corrected chi connectivity index (χ4v) is 1.67. The Labute approximate surface area is 79.6 Å². The maximum atomic E-state index is 5.14. The van der Waals surface area contributed by atoms with Crippen LogP contribution in [0.5, 0.6) is 11.5 Å². The molecule has 1 aromatic carbocycles. The molecule has 0 heterocycles. The predicted octanol–water partition coefficient (Wildman–Crippen LogP) is 0.230. The first-order valence-corrected chi connectivity index (χ1v) is 4.90. The van der Waals surface area contributed by atoms with Crippen molar-refractivity contribution in [2.45, 2.75) is 0 Å². The molecule has 0 amide bonds. The number of rotatable bonds is 2. The van der Waals surface area contributed by atoms with Gasteiger partial charge in [0.05, 0.1) is 0 Å². The molecular weight excluding hydrogens is 247 g/mol. The SMILES string of the molecule is COc1cc[c]([SnH])c(OC)c1. The third-order valence-corrected chi connectivity index (χ3v) is 2.80. The van der Waals surface area contributed by atoms with Crippen molar-refractivity contribution in [1.29, 1.82) is 0 Å². The van der Waals surface area contributed by atoms with Gasteiger partial charge in [0.15, 0.2) is 0 Å². The topological polar surface area (TPSA) is 18.5 Å². The summed E-state index contributed by atoms with van der Waals surface area (Å²) in [5.41, 5.74) is 0. The van der Waals surface area contributed by atoms with E-state index in [-0.39, 0.29) is 0 Å². The number of hydrogen-bond acceptors (Lipinski definition) is 2. The molecule has 0 N–H and O–H groups in total. The van der Waals surface area contributed by atoms with Gasteiger partial charge in [-0.05, 0) is 0 Å². The van der Waals surface area contributed by atoms with E-state index in [0.29, 0.717) is 0 Å². The summed E-state index contributed by atoms with van der Waals surface area (Å²) in [5.74, 6) is 1.77. The minimum absolute atomic E-state index is 0.847. The van der Waals surface area contributed by atoms with Crippen LogP contribution in [0.1, 0.15) is 0 Å². The van der Waals surface area contributed by atoms with Crippen molar-refractivity contribution < 1.29 is 9.47 Å². The molecule has 0 aliphatic heterocycles. The van der Waals surface area contributed by atoms with E-state index in [1.165, 1.54) is 3.58 Å². The average Bonchev–Trinajstić information content (AvgIpc) is 2.05. The standard InChI is InChI=1S/C8H9O2.Sn.H/c1-9-7-4-3-5-8(6-7)10-2;;/h3-4,6H,1-2H3;;. The maximum absolute atomic E-state index is 5.14. The molecule has 0 atom stereocenters. The summed E-state index contributed by atoms with van der Waals surface area (Å²) in [7, 11) is 3.33. The van der Waals surface area contributed by atoms with Crippen LogP contribution in [0.3, 0.4) is 0 Å². The molecule has 0 saturated carbocycles. The van der Waals surface area contributed by atoms with Gasteiger partial charge in [-0.25, -0.2) is 0 Å². The summed E-state index contributed by atoms with van der Waals surface area (Å²) in [6.45, 7) is 0. The zero-order valence-corrected chi connectivity index (χ0v) is 9.92. The fraction of sp³-hybridized carbons (Fsp3) is 0.250. The Morgan fingerprint density at radius 2 is 1.91 bits per heavy atom. The summed E-state index contributed by atoms with van der Waals surface area (Å²) in [4.78, 5) is 0. The van der Waals surface area contributed by atoms with Gasteiger partial charge in [0.2, 0.25) is 0 Å². The van der Waals surface area contributed by atoms with Crippen LogP contribution in [0.15, 0.2) is 18.2 Å². The molecule has 0 unspecified atom stereocenters.